The van der Waals surface area contributed by atoms with Gasteiger partial charge in [-0.05, 0) is 98.3 Å². The quantitative estimate of drug-likeness (QED) is 0.258. The highest BCUT2D eigenvalue weighted by atomic mass is 19.1. The largest absolute Gasteiger partial charge is 0.251 e. The van der Waals surface area contributed by atoms with Crippen LogP contribution in [0.15, 0.2) is 60.7 Å². The van der Waals surface area contributed by atoms with Gasteiger partial charge in [-0.2, -0.15) is 0 Å². The molecule has 30 heavy (non-hydrogen) atoms. The van der Waals surface area contributed by atoms with Crippen molar-refractivity contribution in [3.8, 4) is 11.1 Å². The van der Waals surface area contributed by atoms with E-state index in [0.717, 1.165) is 18.3 Å². The molecular formula is C29H39F. The summed E-state index contributed by atoms with van der Waals surface area (Å²) < 4.78 is 12.2. The second-order valence-corrected chi connectivity index (χ2v) is 9.04. The van der Waals surface area contributed by atoms with E-state index in [0.29, 0.717) is 6.42 Å². The molecule has 0 bridgehead atoms. The standard InChI is InChI=1S/C29H39F/c1-2-3-9-24-17-21-28(22-18-24)29-12-7-6-11-27(29)20-19-26-15-13-25(14-16-26)10-5-4-8-23-30/h5-7,10-12,17-18,21-22,25-26H,2-4,8-9,13-16,19-20,23H2,1H3. The maximum Gasteiger partial charge on any atom is 0.0897 e. The zero-order chi connectivity index (χ0) is 21.0. The van der Waals surface area contributed by atoms with Crippen molar-refractivity contribution >= 4 is 0 Å². The lowest BCUT2D eigenvalue weighted by Crippen LogP contribution is -2.14. The summed E-state index contributed by atoms with van der Waals surface area (Å²) >= 11 is 0. The van der Waals surface area contributed by atoms with E-state index in [1.54, 1.807) is 0 Å². The predicted molar refractivity (Wildman–Crippen MR) is 129 cm³/mol. The molecule has 0 saturated heterocycles. The van der Waals surface area contributed by atoms with Crippen LogP contribution in [0, 0.1) is 11.8 Å². The van der Waals surface area contributed by atoms with Gasteiger partial charge in [0.05, 0.1) is 6.67 Å². The van der Waals surface area contributed by atoms with Crippen LogP contribution >= 0.6 is 0 Å². The lowest BCUT2D eigenvalue weighted by Gasteiger charge is -2.27. The summed E-state index contributed by atoms with van der Waals surface area (Å²) in [5, 5.41) is 0. The maximum atomic E-state index is 12.2. The van der Waals surface area contributed by atoms with Crippen molar-refractivity contribution in [3.05, 3.63) is 71.8 Å². The number of benzene rings is 2. The molecule has 0 N–H and O–H groups in total. The lowest BCUT2D eigenvalue weighted by molar-refractivity contribution is 0.296. The summed E-state index contributed by atoms with van der Waals surface area (Å²) in [6.07, 6.45) is 17.6. The number of hydrogen-bond donors (Lipinski definition) is 0. The van der Waals surface area contributed by atoms with E-state index in [4.69, 9.17) is 0 Å². The molecule has 1 heteroatoms. The van der Waals surface area contributed by atoms with E-state index in [9.17, 15) is 4.39 Å². The number of unbranched alkanes of at least 4 members (excludes halogenated alkanes) is 2. The molecular weight excluding hydrogens is 367 g/mol. The zero-order valence-electron chi connectivity index (χ0n) is 18.8. The fraction of sp³-hybridized carbons (Fsp3) is 0.517. The summed E-state index contributed by atoms with van der Waals surface area (Å²) in [5.74, 6) is 1.57. The second kappa shape index (κ2) is 12.7. The van der Waals surface area contributed by atoms with E-state index in [-0.39, 0.29) is 6.67 Å². The number of rotatable bonds is 11. The maximum absolute atomic E-state index is 12.2. The highest BCUT2D eigenvalue weighted by molar-refractivity contribution is 5.67. The minimum Gasteiger partial charge on any atom is -0.251 e. The Hall–Kier alpha value is -1.89. The molecule has 0 amide bonds. The highest BCUT2D eigenvalue weighted by Gasteiger charge is 2.19. The third-order valence-corrected chi connectivity index (χ3v) is 6.73. The van der Waals surface area contributed by atoms with E-state index in [2.05, 4.69) is 67.6 Å². The Labute approximate surface area is 183 Å². The Balaban J connectivity index is 1.52. The van der Waals surface area contributed by atoms with Crippen LogP contribution in [0.4, 0.5) is 4.39 Å². The lowest BCUT2D eigenvalue weighted by atomic mass is 9.79. The molecule has 0 atom stereocenters. The summed E-state index contributed by atoms with van der Waals surface area (Å²) in [5.41, 5.74) is 5.71. The predicted octanol–water partition coefficient (Wildman–Crippen LogP) is 8.74. The third-order valence-electron chi connectivity index (χ3n) is 6.73. The Bertz CT molecular complexity index is 750. The van der Waals surface area contributed by atoms with E-state index < -0.39 is 0 Å². The zero-order valence-corrected chi connectivity index (χ0v) is 18.8. The van der Waals surface area contributed by atoms with Crippen molar-refractivity contribution in [2.24, 2.45) is 11.8 Å². The number of aryl methyl sites for hydroxylation is 2. The summed E-state index contributed by atoms with van der Waals surface area (Å²) in [7, 11) is 0. The van der Waals surface area contributed by atoms with Crippen LogP contribution in [0.3, 0.4) is 0 Å². The second-order valence-electron chi connectivity index (χ2n) is 9.04. The molecule has 1 aliphatic carbocycles. The van der Waals surface area contributed by atoms with Crippen LogP contribution in [0.25, 0.3) is 11.1 Å². The van der Waals surface area contributed by atoms with Gasteiger partial charge in [-0.3, -0.25) is 4.39 Å². The summed E-state index contributed by atoms with van der Waals surface area (Å²) in [4.78, 5) is 0. The van der Waals surface area contributed by atoms with Gasteiger partial charge in [-0.25, -0.2) is 0 Å². The average Bonchev–Trinajstić information content (AvgIpc) is 2.80. The molecule has 0 heterocycles. The fourth-order valence-electron chi connectivity index (χ4n) is 4.76. The van der Waals surface area contributed by atoms with Crippen molar-refractivity contribution in [2.45, 2.75) is 77.6 Å². The van der Waals surface area contributed by atoms with Crippen molar-refractivity contribution < 1.29 is 4.39 Å². The molecule has 3 rings (SSSR count). The topological polar surface area (TPSA) is 0 Å². The van der Waals surface area contributed by atoms with Crippen LogP contribution in [0.1, 0.15) is 75.8 Å². The summed E-state index contributed by atoms with van der Waals surface area (Å²) in [6.45, 7) is 2.06. The Morgan fingerprint density at radius 1 is 0.900 bits per heavy atom. The van der Waals surface area contributed by atoms with Gasteiger partial charge >= 0.3 is 0 Å². The fourth-order valence-corrected chi connectivity index (χ4v) is 4.76. The normalized spacial score (nSPS) is 19.4. The molecule has 1 fully saturated rings. The van der Waals surface area contributed by atoms with Crippen molar-refractivity contribution in [1.29, 1.82) is 0 Å². The molecule has 0 spiro atoms. The van der Waals surface area contributed by atoms with Crippen LogP contribution < -0.4 is 0 Å². The molecule has 0 nitrogen and oxygen atoms in total. The highest BCUT2D eigenvalue weighted by Crippen LogP contribution is 2.34. The average molecular weight is 407 g/mol. The van der Waals surface area contributed by atoms with Crippen LogP contribution in [0.2, 0.25) is 0 Å². The van der Waals surface area contributed by atoms with E-state index in [1.807, 2.05) is 0 Å². The minimum absolute atomic E-state index is 0.193. The van der Waals surface area contributed by atoms with Gasteiger partial charge in [0.1, 0.15) is 0 Å². The first-order chi connectivity index (χ1) is 14.8. The molecule has 1 aliphatic rings. The molecule has 0 aliphatic heterocycles. The Morgan fingerprint density at radius 3 is 2.40 bits per heavy atom. The van der Waals surface area contributed by atoms with Crippen LogP contribution in [-0.2, 0) is 12.8 Å². The van der Waals surface area contributed by atoms with Gasteiger partial charge in [0.2, 0.25) is 0 Å². The first-order valence-corrected chi connectivity index (χ1v) is 12.2. The molecule has 162 valence electrons. The van der Waals surface area contributed by atoms with Crippen molar-refractivity contribution in [2.75, 3.05) is 6.67 Å². The molecule has 0 aromatic heterocycles. The third kappa shape index (κ3) is 7.11. The first-order valence-electron chi connectivity index (χ1n) is 12.2. The minimum atomic E-state index is -0.193. The molecule has 2 aromatic rings. The van der Waals surface area contributed by atoms with Gasteiger partial charge in [-0.15, -0.1) is 0 Å². The van der Waals surface area contributed by atoms with Gasteiger partial charge in [-0.1, -0.05) is 74.0 Å². The molecule has 2 aromatic carbocycles. The smallest absolute Gasteiger partial charge is 0.0897 e. The van der Waals surface area contributed by atoms with Crippen LogP contribution in [0.5, 0.6) is 0 Å². The van der Waals surface area contributed by atoms with Gasteiger partial charge in [0.15, 0.2) is 0 Å². The SMILES string of the molecule is CCCCc1ccc(-c2ccccc2CCC2CCC(C=CCCCF)CC2)cc1. The monoisotopic (exact) mass is 406 g/mol. The number of allylic oxidation sites excluding steroid dienone is 2. The van der Waals surface area contributed by atoms with Gasteiger partial charge in [0, 0.05) is 0 Å². The van der Waals surface area contributed by atoms with Crippen molar-refractivity contribution in [3.63, 3.8) is 0 Å². The van der Waals surface area contributed by atoms with Crippen molar-refractivity contribution in [1.82, 2.24) is 0 Å². The van der Waals surface area contributed by atoms with E-state index in [1.165, 1.54) is 80.0 Å². The number of alkyl halides is 1. The van der Waals surface area contributed by atoms with E-state index >= 15 is 0 Å². The molecule has 1 saturated carbocycles. The van der Waals surface area contributed by atoms with Crippen LogP contribution in [-0.4, -0.2) is 6.67 Å². The van der Waals surface area contributed by atoms with Gasteiger partial charge < -0.3 is 0 Å². The molecule has 0 radical (unpaired) electrons. The Morgan fingerprint density at radius 2 is 1.67 bits per heavy atom. The summed E-state index contributed by atoms with van der Waals surface area (Å²) in [6, 6.07) is 18.2. The number of hydrogen-bond acceptors (Lipinski definition) is 0. The first kappa shape index (κ1) is 22.8. The number of halogens is 1. The molecule has 0 unspecified atom stereocenters. The van der Waals surface area contributed by atoms with Gasteiger partial charge in [0.25, 0.3) is 0 Å². The Kier molecular flexibility index (Phi) is 9.67.